The van der Waals surface area contributed by atoms with E-state index in [9.17, 15) is 9.59 Å². The van der Waals surface area contributed by atoms with Crippen LogP contribution < -0.4 is 21.3 Å². The molecule has 4 N–H and O–H groups in total. The predicted molar refractivity (Wildman–Crippen MR) is 132 cm³/mol. The van der Waals surface area contributed by atoms with Crippen LogP contribution in [0.3, 0.4) is 0 Å². The Kier molecular flexibility index (Phi) is 7.60. The maximum Gasteiger partial charge on any atom is 0.227 e. The Labute approximate surface area is 195 Å². The number of hydrogen-bond donors (Lipinski definition) is 4. The second kappa shape index (κ2) is 11.0. The lowest BCUT2D eigenvalue weighted by Crippen LogP contribution is -2.40. The van der Waals surface area contributed by atoms with Gasteiger partial charge >= 0.3 is 0 Å². The zero-order valence-electron chi connectivity index (χ0n) is 19.2. The molecular formula is C26H33N5O2. The molecule has 4 rings (SSSR count). The minimum absolute atomic E-state index is 0.0375. The first-order chi connectivity index (χ1) is 16.1. The number of benzene rings is 2. The Bertz CT molecular complexity index is 1010. The predicted octanol–water partition coefficient (Wildman–Crippen LogP) is 4.00. The first-order valence-corrected chi connectivity index (χ1v) is 11.9. The fourth-order valence-corrected chi connectivity index (χ4v) is 4.68. The molecule has 1 saturated carbocycles. The summed E-state index contributed by atoms with van der Waals surface area (Å²) in [7, 11) is 1.73. The van der Waals surface area contributed by atoms with Crippen LogP contribution in [0.2, 0.25) is 0 Å². The third-order valence-electron chi connectivity index (χ3n) is 6.48. The Morgan fingerprint density at radius 2 is 1.88 bits per heavy atom. The van der Waals surface area contributed by atoms with Gasteiger partial charge in [0.1, 0.15) is 0 Å². The molecule has 33 heavy (non-hydrogen) atoms. The van der Waals surface area contributed by atoms with Crippen molar-refractivity contribution in [3.8, 4) is 0 Å². The van der Waals surface area contributed by atoms with Crippen LogP contribution in [0, 0.1) is 5.92 Å². The van der Waals surface area contributed by atoms with E-state index in [1.165, 1.54) is 6.42 Å². The van der Waals surface area contributed by atoms with Crippen LogP contribution in [0.5, 0.6) is 0 Å². The summed E-state index contributed by atoms with van der Waals surface area (Å²) in [6.07, 6.45) is 5.95. The van der Waals surface area contributed by atoms with E-state index in [0.29, 0.717) is 25.5 Å². The Morgan fingerprint density at radius 3 is 2.70 bits per heavy atom. The molecule has 0 saturated heterocycles. The summed E-state index contributed by atoms with van der Waals surface area (Å²) in [5.74, 6) is 1.07. The van der Waals surface area contributed by atoms with Crippen LogP contribution in [0.25, 0.3) is 0 Å². The van der Waals surface area contributed by atoms with E-state index < -0.39 is 0 Å². The highest BCUT2D eigenvalue weighted by atomic mass is 16.2. The second-order valence-electron chi connectivity index (χ2n) is 8.87. The average molecular weight is 448 g/mol. The Balaban J connectivity index is 1.30. The molecule has 2 aromatic rings. The summed E-state index contributed by atoms with van der Waals surface area (Å²) < 4.78 is 0. The van der Waals surface area contributed by atoms with Gasteiger partial charge in [-0.2, -0.15) is 0 Å². The molecule has 2 aliphatic rings. The van der Waals surface area contributed by atoms with Crippen LogP contribution in [0.1, 0.15) is 55.6 Å². The molecule has 2 amide bonds. The second-order valence-corrected chi connectivity index (χ2v) is 8.87. The fraction of sp³-hybridized carbons (Fsp3) is 0.423. The number of para-hydroxylation sites is 1. The summed E-state index contributed by atoms with van der Waals surface area (Å²) in [4.78, 5) is 28.9. The molecule has 0 aromatic heterocycles. The normalized spacial score (nSPS) is 18.8. The van der Waals surface area contributed by atoms with Crippen molar-refractivity contribution in [2.75, 3.05) is 24.2 Å². The van der Waals surface area contributed by atoms with Crippen molar-refractivity contribution in [3.63, 3.8) is 0 Å². The van der Waals surface area contributed by atoms with Gasteiger partial charge in [0.2, 0.25) is 11.8 Å². The van der Waals surface area contributed by atoms with Crippen LogP contribution in [0.15, 0.2) is 53.5 Å². The van der Waals surface area contributed by atoms with Gasteiger partial charge in [-0.25, -0.2) is 0 Å². The molecular weight excluding hydrogens is 414 g/mol. The van der Waals surface area contributed by atoms with Crippen LogP contribution in [0.4, 0.5) is 11.4 Å². The first-order valence-electron chi connectivity index (χ1n) is 11.9. The van der Waals surface area contributed by atoms with Gasteiger partial charge in [-0.05, 0) is 42.2 Å². The van der Waals surface area contributed by atoms with Crippen LogP contribution in [-0.2, 0) is 16.1 Å². The van der Waals surface area contributed by atoms with E-state index in [1.54, 1.807) is 7.05 Å². The number of hydrogen-bond acceptors (Lipinski definition) is 3. The zero-order chi connectivity index (χ0) is 23.0. The molecule has 0 radical (unpaired) electrons. The van der Waals surface area contributed by atoms with Crippen molar-refractivity contribution in [3.05, 3.63) is 59.7 Å². The Morgan fingerprint density at radius 1 is 1.06 bits per heavy atom. The number of amides is 2. The van der Waals surface area contributed by atoms with Crippen molar-refractivity contribution in [2.45, 2.75) is 51.0 Å². The largest absolute Gasteiger partial charge is 0.356 e. The number of nitrogens with one attached hydrogen (secondary N) is 4. The SMILES string of the molecule is CN=C(NCc1cccc(NC(=O)C2CCCCC2)c1)NCC1CC(=O)Nc2ccccc21. The number of nitrogens with zero attached hydrogens (tertiary/aromatic N) is 1. The minimum atomic E-state index is 0.0375. The number of fused-ring (bicyclic) bond motifs is 1. The number of rotatable bonds is 6. The van der Waals surface area contributed by atoms with Crippen molar-refractivity contribution in [1.29, 1.82) is 0 Å². The number of anilines is 2. The van der Waals surface area contributed by atoms with E-state index in [-0.39, 0.29) is 23.7 Å². The number of carbonyl (C=O) groups excluding carboxylic acids is 2. The molecule has 1 fully saturated rings. The molecule has 0 bridgehead atoms. The quantitative estimate of drug-likeness (QED) is 0.398. The van der Waals surface area contributed by atoms with Gasteiger partial charge < -0.3 is 21.3 Å². The van der Waals surface area contributed by atoms with Gasteiger partial charge in [0, 0.05) is 49.8 Å². The third-order valence-corrected chi connectivity index (χ3v) is 6.48. The van der Waals surface area contributed by atoms with Gasteiger partial charge in [0.05, 0.1) is 0 Å². The maximum atomic E-state index is 12.6. The Hall–Kier alpha value is -3.35. The van der Waals surface area contributed by atoms with E-state index in [1.807, 2.05) is 42.5 Å². The summed E-state index contributed by atoms with van der Waals surface area (Å²) in [6.45, 7) is 1.19. The van der Waals surface area contributed by atoms with E-state index in [2.05, 4.69) is 32.3 Å². The van der Waals surface area contributed by atoms with E-state index >= 15 is 0 Å². The third kappa shape index (κ3) is 6.12. The van der Waals surface area contributed by atoms with Gasteiger partial charge in [-0.3, -0.25) is 14.6 Å². The van der Waals surface area contributed by atoms with Gasteiger partial charge in [0.15, 0.2) is 5.96 Å². The molecule has 1 atom stereocenters. The first kappa shape index (κ1) is 22.8. The standard InChI is InChI=1S/C26H33N5O2/c1-27-26(29-17-20-15-24(32)31-23-13-6-5-12-22(20)23)28-16-18-8-7-11-21(14-18)30-25(33)19-9-3-2-4-10-19/h5-8,11-14,19-20H,2-4,9-10,15-17H2,1H3,(H,30,33)(H,31,32)(H2,27,28,29). The topological polar surface area (TPSA) is 94.6 Å². The fourth-order valence-electron chi connectivity index (χ4n) is 4.68. The van der Waals surface area contributed by atoms with Crippen LogP contribution >= 0.6 is 0 Å². The molecule has 1 aliphatic heterocycles. The minimum Gasteiger partial charge on any atom is -0.356 e. The van der Waals surface area contributed by atoms with Gasteiger partial charge in [-0.1, -0.05) is 49.6 Å². The summed E-state index contributed by atoms with van der Waals surface area (Å²) in [5, 5.41) is 12.7. The van der Waals surface area contributed by atoms with Gasteiger partial charge in [-0.15, -0.1) is 0 Å². The zero-order valence-corrected chi connectivity index (χ0v) is 19.2. The van der Waals surface area contributed by atoms with Crippen LogP contribution in [-0.4, -0.2) is 31.4 Å². The monoisotopic (exact) mass is 447 g/mol. The van der Waals surface area contributed by atoms with Crippen molar-refractivity contribution in [2.24, 2.45) is 10.9 Å². The van der Waals surface area contributed by atoms with Crippen molar-refractivity contribution >= 4 is 29.1 Å². The molecule has 174 valence electrons. The lowest BCUT2D eigenvalue weighted by atomic mass is 9.88. The lowest BCUT2D eigenvalue weighted by molar-refractivity contribution is -0.120. The smallest absolute Gasteiger partial charge is 0.227 e. The summed E-state index contributed by atoms with van der Waals surface area (Å²) in [6, 6.07) is 15.8. The number of aliphatic imine (C=N–C) groups is 1. The van der Waals surface area contributed by atoms with E-state index in [0.717, 1.165) is 48.2 Å². The maximum absolute atomic E-state index is 12.6. The molecule has 1 aliphatic carbocycles. The molecule has 1 heterocycles. The molecule has 0 spiro atoms. The molecule has 2 aromatic carbocycles. The molecule has 1 unspecified atom stereocenters. The van der Waals surface area contributed by atoms with Crippen molar-refractivity contribution in [1.82, 2.24) is 10.6 Å². The lowest BCUT2D eigenvalue weighted by Gasteiger charge is -2.26. The van der Waals surface area contributed by atoms with Crippen molar-refractivity contribution < 1.29 is 9.59 Å². The summed E-state index contributed by atoms with van der Waals surface area (Å²) >= 11 is 0. The summed E-state index contributed by atoms with van der Waals surface area (Å²) in [5.41, 5.74) is 3.91. The van der Waals surface area contributed by atoms with E-state index in [4.69, 9.17) is 0 Å². The number of carbonyl (C=O) groups is 2. The number of guanidine groups is 1. The highest BCUT2D eigenvalue weighted by Gasteiger charge is 2.25. The van der Waals surface area contributed by atoms with Gasteiger partial charge in [0.25, 0.3) is 0 Å². The molecule has 7 heteroatoms. The average Bonchev–Trinajstić information content (AvgIpc) is 2.84. The highest BCUT2D eigenvalue weighted by Crippen LogP contribution is 2.31. The highest BCUT2D eigenvalue weighted by molar-refractivity contribution is 5.95. The molecule has 7 nitrogen and oxygen atoms in total.